The molecule has 0 radical (unpaired) electrons. The molecule has 0 spiro atoms. The second-order valence-corrected chi connectivity index (χ2v) is 3.99. The molecule has 4 nitrogen and oxygen atoms in total. The molecule has 1 aromatic carbocycles. The number of anilines is 1. The summed E-state index contributed by atoms with van der Waals surface area (Å²) in [5.74, 6) is -0.223. The van der Waals surface area contributed by atoms with Crippen LogP contribution in [0, 0.1) is 11.3 Å². The van der Waals surface area contributed by atoms with E-state index in [1.165, 1.54) is 6.20 Å². The summed E-state index contributed by atoms with van der Waals surface area (Å²) in [5, 5.41) is 11.7. The number of nitrogens with zero attached hydrogens (tertiary/aromatic N) is 2. The lowest BCUT2D eigenvalue weighted by Gasteiger charge is -2.00. The third-order valence-electron chi connectivity index (χ3n) is 1.87. The average Bonchev–Trinajstić information content (AvgIpc) is 2.78. The predicted octanol–water partition coefficient (Wildman–Crippen LogP) is 2.27. The molecule has 5 heteroatoms. The molecule has 0 atom stereocenters. The van der Waals surface area contributed by atoms with E-state index < -0.39 is 0 Å². The van der Waals surface area contributed by atoms with Crippen LogP contribution in [-0.4, -0.2) is 10.9 Å². The zero-order valence-electron chi connectivity index (χ0n) is 8.18. The molecule has 0 aliphatic carbocycles. The van der Waals surface area contributed by atoms with E-state index in [2.05, 4.69) is 10.3 Å². The maximum Gasteiger partial charge on any atom is 0.257 e. The minimum absolute atomic E-state index is 0.223. The van der Waals surface area contributed by atoms with Gasteiger partial charge in [-0.1, -0.05) is 29.5 Å². The molecule has 0 saturated heterocycles. The van der Waals surface area contributed by atoms with Crippen LogP contribution in [0.1, 0.15) is 15.2 Å². The lowest BCUT2D eigenvalue weighted by atomic mass is 10.2. The van der Waals surface area contributed by atoms with Gasteiger partial charge < -0.3 is 0 Å². The minimum atomic E-state index is -0.223. The van der Waals surface area contributed by atoms with Gasteiger partial charge in [-0.05, 0) is 12.1 Å². The van der Waals surface area contributed by atoms with Gasteiger partial charge in [0.2, 0.25) is 0 Å². The van der Waals surface area contributed by atoms with Gasteiger partial charge in [-0.25, -0.2) is 4.98 Å². The van der Waals surface area contributed by atoms with Crippen molar-refractivity contribution >= 4 is 22.4 Å². The van der Waals surface area contributed by atoms with E-state index in [0.717, 1.165) is 11.3 Å². The summed E-state index contributed by atoms with van der Waals surface area (Å²) in [6, 6.07) is 10.8. The highest BCUT2D eigenvalue weighted by atomic mass is 32.1. The summed E-state index contributed by atoms with van der Waals surface area (Å²) in [5.41, 5.74) is 0.566. The Hall–Kier alpha value is -2.19. The van der Waals surface area contributed by atoms with Crippen molar-refractivity contribution in [2.75, 3.05) is 5.32 Å². The largest absolute Gasteiger partial charge is 0.298 e. The number of thiazole rings is 1. The quantitative estimate of drug-likeness (QED) is 0.859. The Morgan fingerprint density at radius 1 is 1.38 bits per heavy atom. The Morgan fingerprint density at radius 3 is 2.75 bits per heavy atom. The van der Waals surface area contributed by atoms with Crippen molar-refractivity contribution in [3.8, 4) is 6.07 Å². The van der Waals surface area contributed by atoms with Crippen molar-refractivity contribution < 1.29 is 4.79 Å². The molecule has 0 fully saturated rings. The molecule has 1 aromatic heterocycles. The maximum atomic E-state index is 11.7. The zero-order chi connectivity index (χ0) is 11.4. The standard InChI is InChI=1S/C11H7N3OS/c12-6-9-7-13-11(16-9)14-10(15)8-4-2-1-3-5-8/h1-5,7H,(H,13,14,15). The Morgan fingerprint density at radius 2 is 2.12 bits per heavy atom. The van der Waals surface area contributed by atoms with Gasteiger partial charge >= 0.3 is 0 Å². The first-order chi connectivity index (χ1) is 7.79. The van der Waals surface area contributed by atoms with Gasteiger partial charge in [0.05, 0.1) is 6.20 Å². The number of hydrogen-bond donors (Lipinski definition) is 1. The van der Waals surface area contributed by atoms with Crippen molar-refractivity contribution in [3.63, 3.8) is 0 Å². The first kappa shape index (κ1) is 10.3. The van der Waals surface area contributed by atoms with Crippen molar-refractivity contribution in [1.82, 2.24) is 4.98 Å². The number of carbonyl (C=O) groups is 1. The fraction of sp³-hybridized carbons (Fsp3) is 0. The molecule has 0 bridgehead atoms. The normalized spacial score (nSPS) is 9.44. The highest BCUT2D eigenvalue weighted by Gasteiger charge is 2.07. The number of carbonyl (C=O) groups excluding carboxylic acids is 1. The van der Waals surface area contributed by atoms with E-state index in [1.807, 2.05) is 12.1 Å². The molecule has 2 aromatic rings. The predicted molar refractivity (Wildman–Crippen MR) is 61.2 cm³/mol. The number of nitrogens with one attached hydrogen (secondary N) is 1. The lowest BCUT2D eigenvalue weighted by Crippen LogP contribution is -2.11. The van der Waals surface area contributed by atoms with Gasteiger partial charge in [-0.3, -0.25) is 10.1 Å². The summed E-state index contributed by atoms with van der Waals surface area (Å²) < 4.78 is 0. The first-order valence-electron chi connectivity index (χ1n) is 4.52. The molecular weight excluding hydrogens is 222 g/mol. The van der Waals surface area contributed by atoms with Crippen molar-refractivity contribution in [2.24, 2.45) is 0 Å². The smallest absolute Gasteiger partial charge is 0.257 e. The van der Waals surface area contributed by atoms with Crippen LogP contribution in [0.15, 0.2) is 36.5 Å². The van der Waals surface area contributed by atoms with Crippen LogP contribution < -0.4 is 5.32 Å². The van der Waals surface area contributed by atoms with Crippen LogP contribution >= 0.6 is 11.3 Å². The average molecular weight is 229 g/mol. The number of hydrogen-bond acceptors (Lipinski definition) is 4. The summed E-state index contributed by atoms with van der Waals surface area (Å²) in [6.07, 6.45) is 1.44. The van der Waals surface area contributed by atoms with E-state index in [1.54, 1.807) is 24.3 Å². The molecule has 0 saturated carbocycles. The Balaban J connectivity index is 2.11. The Labute approximate surface area is 96.2 Å². The molecule has 16 heavy (non-hydrogen) atoms. The summed E-state index contributed by atoms with van der Waals surface area (Å²) in [7, 11) is 0. The van der Waals surface area contributed by atoms with Crippen LogP contribution in [-0.2, 0) is 0 Å². The van der Waals surface area contributed by atoms with Gasteiger partial charge in [0, 0.05) is 5.56 Å². The van der Waals surface area contributed by atoms with E-state index in [4.69, 9.17) is 5.26 Å². The van der Waals surface area contributed by atoms with E-state index >= 15 is 0 Å². The molecule has 1 heterocycles. The molecular formula is C11H7N3OS. The van der Waals surface area contributed by atoms with Gasteiger partial charge in [0.25, 0.3) is 5.91 Å². The summed E-state index contributed by atoms with van der Waals surface area (Å²) in [6.45, 7) is 0. The molecule has 1 amide bonds. The lowest BCUT2D eigenvalue weighted by molar-refractivity contribution is 0.102. The fourth-order valence-electron chi connectivity index (χ4n) is 1.14. The van der Waals surface area contributed by atoms with Crippen LogP contribution in [0.5, 0.6) is 0 Å². The van der Waals surface area contributed by atoms with Crippen molar-refractivity contribution in [2.45, 2.75) is 0 Å². The number of benzene rings is 1. The van der Waals surface area contributed by atoms with Crippen LogP contribution in [0.2, 0.25) is 0 Å². The third kappa shape index (κ3) is 2.24. The van der Waals surface area contributed by atoms with Crippen LogP contribution in [0.3, 0.4) is 0 Å². The van der Waals surface area contributed by atoms with Gasteiger partial charge in [0.15, 0.2) is 5.13 Å². The topological polar surface area (TPSA) is 65.8 Å². The minimum Gasteiger partial charge on any atom is -0.298 e. The number of rotatable bonds is 2. The highest BCUT2D eigenvalue weighted by Crippen LogP contribution is 2.17. The first-order valence-corrected chi connectivity index (χ1v) is 5.33. The molecule has 0 unspecified atom stereocenters. The zero-order valence-corrected chi connectivity index (χ0v) is 8.99. The van der Waals surface area contributed by atoms with Gasteiger partial charge in [-0.2, -0.15) is 5.26 Å². The van der Waals surface area contributed by atoms with Crippen molar-refractivity contribution in [3.05, 3.63) is 47.0 Å². The maximum absolute atomic E-state index is 11.7. The van der Waals surface area contributed by atoms with Crippen LogP contribution in [0.4, 0.5) is 5.13 Å². The third-order valence-corrected chi connectivity index (χ3v) is 2.69. The molecule has 0 aliphatic rings. The fourth-order valence-corrected chi connectivity index (χ4v) is 1.75. The molecule has 78 valence electrons. The second-order valence-electron chi connectivity index (χ2n) is 2.96. The Kier molecular flexibility index (Phi) is 2.94. The van der Waals surface area contributed by atoms with Crippen LogP contribution in [0.25, 0.3) is 0 Å². The van der Waals surface area contributed by atoms with Gasteiger partial charge in [-0.15, -0.1) is 0 Å². The number of nitriles is 1. The van der Waals surface area contributed by atoms with Gasteiger partial charge in [0.1, 0.15) is 10.9 Å². The molecule has 2 rings (SSSR count). The summed E-state index contributed by atoms with van der Waals surface area (Å²) in [4.78, 5) is 16.1. The second kappa shape index (κ2) is 4.55. The van der Waals surface area contributed by atoms with E-state index in [-0.39, 0.29) is 5.91 Å². The number of amides is 1. The highest BCUT2D eigenvalue weighted by molar-refractivity contribution is 7.16. The molecule has 0 aliphatic heterocycles. The SMILES string of the molecule is N#Cc1cnc(NC(=O)c2ccccc2)s1. The molecule has 1 N–H and O–H groups in total. The summed E-state index contributed by atoms with van der Waals surface area (Å²) >= 11 is 1.15. The van der Waals surface area contributed by atoms with Crippen molar-refractivity contribution in [1.29, 1.82) is 5.26 Å². The van der Waals surface area contributed by atoms with E-state index in [9.17, 15) is 4.79 Å². The monoisotopic (exact) mass is 229 g/mol. The number of aromatic nitrogens is 1. The van der Waals surface area contributed by atoms with E-state index in [0.29, 0.717) is 15.6 Å². The Bertz CT molecular complexity index is 542.